The van der Waals surface area contributed by atoms with Gasteiger partial charge in [0.1, 0.15) is 15.6 Å². The van der Waals surface area contributed by atoms with Gasteiger partial charge in [-0.05, 0) is 25.0 Å². The molecule has 1 aromatic heterocycles. The molecule has 86 valence electrons. The van der Waals surface area contributed by atoms with Crippen molar-refractivity contribution in [3.05, 3.63) is 24.2 Å². The lowest BCUT2D eigenvalue weighted by atomic mass is 10.1. The SMILES string of the molecule is CCS(=O)(=O)CCCC(N)c1ccco1. The number of nitrogens with two attached hydrogens (primary N) is 1. The third-order valence-corrected chi connectivity index (χ3v) is 4.11. The molecular weight excluding hydrogens is 214 g/mol. The Morgan fingerprint density at radius 1 is 1.53 bits per heavy atom. The van der Waals surface area contributed by atoms with Crippen LogP contribution >= 0.6 is 0 Å². The molecule has 0 bridgehead atoms. The largest absolute Gasteiger partial charge is 0.468 e. The van der Waals surface area contributed by atoms with Crippen LogP contribution in [0.15, 0.2) is 22.8 Å². The molecule has 0 aromatic carbocycles. The summed E-state index contributed by atoms with van der Waals surface area (Å²) in [7, 11) is -2.87. The molecule has 0 saturated carbocycles. The topological polar surface area (TPSA) is 73.3 Å². The monoisotopic (exact) mass is 231 g/mol. The fourth-order valence-electron chi connectivity index (χ4n) is 1.31. The summed E-state index contributed by atoms with van der Waals surface area (Å²) in [5.41, 5.74) is 5.82. The van der Waals surface area contributed by atoms with Gasteiger partial charge in [0.15, 0.2) is 0 Å². The summed E-state index contributed by atoms with van der Waals surface area (Å²) in [5, 5.41) is 0. The Morgan fingerprint density at radius 2 is 2.27 bits per heavy atom. The van der Waals surface area contributed by atoms with Gasteiger partial charge in [-0.2, -0.15) is 0 Å². The van der Waals surface area contributed by atoms with Crippen LogP contribution in [0.3, 0.4) is 0 Å². The fourth-order valence-corrected chi connectivity index (χ4v) is 2.21. The highest BCUT2D eigenvalue weighted by molar-refractivity contribution is 7.91. The zero-order valence-corrected chi connectivity index (χ0v) is 9.66. The summed E-state index contributed by atoms with van der Waals surface area (Å²) in [6, 6.07) is 3.38. The second-order valence-corrected chi connectivity index (χ2v) is 5.97. The van der Waals surface area contributed by atoms with Crippen LogP contribution in [-0.2, 0) is 9.84 Å². The lowest BCUT2D eigenvalue weighted by Gasteiger charge is -2.07. The van der Waals surface area contributed by atoms with E-state index in [2.05, 4.69) is 0 Å². The second kappa shape index (κ2) is 5.32. The molecule has 0 radical (unpaired) electrons. The molecular formula is C10H17NO3S. The molecule has 0 amide bonds. The molecule has 4 nitrogen and oxygen atoms in total. The fraction of sp³-hybridized carbons (Fsp3) is 0.600. The first-order valence-corrected chi connectivity index (χ1v) is 6.86. The Bertz CT molecular complexity index is 369. The quantitative estimate of drug-likeness (QED) is 0.805. The maximum atomic E-state index is 11.2. The highest BCUT2D eigenvalue weighted by Gasteiger charge is 2.11. The van der Waals surface area contributed by atoms with Crippen molar-refractivity contribution in [1.82, 2.24) is 0 Å². The Morgan fingerprint density at radius 3 is 2.80 bits per heavy atom. The number of rotatable bonds is 6. The van der Waals surface area contributed by atoms with Crippen molar-refractivity contribution >= 4 is 9.84 Å². The molecule has 0 aliphatic carbocycles. The average Bonchev–Trinajstić information content (AvgIpc) is 2.70. The molecule has 1 unspecified atom stereocenters. The summed E-state index contributed by atoms with van der Waals surface area (Å²) < 4.78 is 27.5. The normalized spacial score (nSPS) is 14.0. The van der Waals surface area contributed by atoms with Gasteiger partial charge in [-0.15, -0.1) is 0 Å². The minimum atomic E-state index is -2.87. The van der Waals surface area contributed by atoms with Gasteiger partial charge >= 0.3 is 0 Å². The van der Waals surface area contributed by atoms with Crippen LogP contribution in [0.2, 0.25) is 0 Å². The van der Waals surface area contributed by atoms with E-state index in [9.17, 15) is 8.42 Å². The van der Waals surface area contributed by atoms with Crippen molar-refractivity contribution < 1.29 is 12.8 Å². The molecule has 0 fully saturated rings. The van der Waals surface area contributed by atoms with Crippen LogP contribution in [0, 0.1) is 0 Å². The third-order valence-electron chi connectivity index (χ3n) is 2.32. The van der Waals surface area contributed by atoms with E-state index in [1.807, 2.05) is 0 Å². The zero-order chi connectivity index (χ0) is 11.3. The Balaban J connectivity index is 2.33. The zero-order valence-electron chi connectivity index (χ0n) is 8.85. The summed E-state index contributed by atoms with van der Waals surface area (Å²) >= 11 is 0. The van der Waals surface area contributed by atoms with E-state index in [0.29, 0.717) is 18.6 Å². The summed E-state index contributed by atoms with van der Waals surface area (Å²) in [4.78, 5) is 0. The predicted molar refractivity (Wildman–Crippen MR) is 59.2 cm³/mol. The average molecular weight is 231 g/mol. The molecule has 1 heterocycles. The van der Waals surface area contributed by atoms with Crippen molar-refractivity contribution in [2.75, 3.05) is 11.5 Å². The lowest BCUT2D eigenvalue weighted by Crippen LogP contribution is -2.13. The Labute approximate surface area is 90.4 Å². The van der Waals surface area contributed by atoms with Gasteiger partial charge in [-0.25, -0.2) is 8.42 Å². The van der Waals surface area contributed by atoms with E-state index in [1.165, 1.54) is 0 Å². The first kappa shape index (κ1) is 12.3. The van der Waals surface area contributed by atoms with E-state index in [4.69, 9.17) is 10.2 Å². The van der Waals surface area contributed by atoms with E-state index < -0.39 is 9.84 Å². The number of hydrogen-bond donors (Lipinski definition) is 1. The maximum Gasteiger partial charge on any atom is 0.150 e. The first-order chi connectivity index (χ1) is 7.05. The highest BCUT2D eigenvalue weighted by atomic mass is 32.2. The van der Waals surface area contributed by atoms with Crippen LogP contribution < -0.4 is 5.73 Å². The van der Waals surface area contributed by atoms with Crippen LogP contribution in [0.25, 0.3) is 0 Å². The van der Waals surface area contributed by atoms with Crippen LogP contribution in [-0.4, -0.2) is 19.9 Å². The van der Waals surface area contributed by atoms with E-state index in [1.54, 1.807) is 25.3 Å². The van der Waals surface area contributed by atoms with Crippen LogP contribution in [0.1, 0.15) is 31.6 Å². The van der Waals surface area contributed by atoms with E-state index in [-0.39, 0.29) is 17.5 Å². The van der Waals surface area contributed by atoms with Crippen molar-refractivity contribution in [2.24, 2.45) is 5.73 Å². The molecule has 2 N–H and O–H groups in total. The predicted octanol–water partition coefficient (Wildman–Crippen LogP) is 1.49. The van der Waals surface area contributed by atoms with Crippen molar-refractivity contribution in [2.45, 2.75) is 25.8 Å². The van der Waals surface area contributed by atoms with Crippen molar-refractivity contribution in [3.63, 3.8) is 0 Å². The highest BCUT2D eigenvalue weighted by Crippen LogP contribution is 2.16. The molecule has 5 heteroatoms. The van der Waals surface area contributed by atoms with Gasteiger partial charge in [0.25, 0.3) is 0 Å². The van der Waals surface area contributed by atoms with Gasteiger partial charge < -0.3 is 10.2 Å². The number of furan rings is 1. The van der Waals surface area contributed by atoms with Gasteiger partial charge in [0.2, 0.25) is 0 Å². The van der Waals surface area contributed by atoms with Gasteiger partial charge in [-0.1, -0.05) is 6.92 Å². The molecule has 1 rings (SSSR count). The Kier molecular flexibility index (Phi) is 4.35. The maximum absolute atomic E-state index is 11.2. The number of hydrogen-bond acceptors (Lipinski definition) is 4. The van der Waals surface area contributed by atoms with Crippen molar-refractivity contribution in [3.8, 4) is 0 Å². The molecule has 15 heavy (non-hydrogen) atoms. The second-order valence-electron chi connectivity index (χ2n) is 3.50. The van der Waals surface area contributed by atoms with Crippen LogP contribution in [0.4, 0.5) is 0 Å². The molecule has 1 atom stereocenters. The molecule has 0 spiro atoms. The summed E-state index contributed by atoms with van der Waals surface area (Å²) in [5.74, 6) is 1.12. The summed E-state index contributed by atoms with van der Waals surface area (Å²) in [6.07, 6.45) is 2.78. The summed E-state index contributed by atoms with van der Waals surface area (Å²) in [6.45, 7) is 1.65. The minimum Gasteiger partial charge on any atom is -0.468 e. The van der Waals surface area contributed by atoms with E-state index in [0.717, 1.165) is 0 Å². The lowest BCUT2D eigenvalue weighted by molar-refractivity contribution is 0.449. The standard InChI is InChI=1S/C10H17NO3S/c1-2-15(12,13)8-4-5-9(11)10-6-3-7-14-10/h3,6-7,9H,2,4-5,8,11H2,1H3. The van der Waals surface area contributed by atoms with E-state index >= 15 is 0 Å². The van der Waals surface area contributed by atoms with Gasteiger partial charge in [-0.3, -0.25) is 0 Å². The van der Waals surface area contributed by atoms with Gasteiger partial charge in [0, 0.05) is 5.75 Å². The van der Waals surface area contributed by atoms with Gasteiger partial charge in [0.05, 0.1) is 18.1 Å². The molecule has 0 aliphatic heterocycles. The number of sulfone groups is 1. The Hall–Kier alpha value is -0.810. The smallest absolute Gasteiger partial charge is 0.150 e. The first-order valence-electron chi connectivity index (χ1n) is 5.04. The molecule has 0 aliphatic rings. The third kappa shape index (κ3) is 4.05. The molecule has 0 saturated heterocycles. The molecule has 1 aromatic rings. The van der Waals surface area contributed by atoms with Crippen molar-refractivity contribution in [1.29, 1.82) is 0 Å². The van der Waals surface area contributed by atoms with Crippen LogP contribution in [0.5, 0.6) is 0 Å². The minimum absolute atomic E-state index is 0.197.